The summed E-state index contributed by atoms with van der Waals surface area (Å²) in [6.45, 7) is 7.75. The van der Waals surface area contributed by atoms with E-state index in [1.54, 1.807) is 37.3 Å². The second kappa shape index (κ2) is 12.2. The van der Waals surface area contributed by atoms with Gasteiger partial charge < -0.3 is 29.9 Å². The molecule has 1 heterocycles. The molecule has 0 unspecified atom stereocenters. The van der Waals surface area contributed by atoms with Crippen LogP contribution in [0.15, 0.2) is 18.2 Å². The Morgan fingerprint density at radius 3 is 2.57 bits per heavy atom. The molecule has 0 saturated heterocycles. The number of carbonyl (C=O) groups excluding carboxylic acids is 3. The highest BCUT2D eigenvalue weighted by atomic mass is 16.5. The molecule has 3 rings (SSSR count). The fraction of sp³-hybridized carbons (Fsp3) is 0.654. The van der Waals surface area contributed by atoms with E-state index < -0.39 is 0 Å². The zero-order valence-corrected chi connectivity index (χ0v) is 21.6. The Morgan fingerprint density at radius 2 is 1.94 bits per heavy atom. The molecule has 3 atom stereocenters. The molecule has 0 spiro atoms. The minimum absolute atomic E-state index is 0.0240. The molecule has 0 bridgehead atoms. The van der Waals surface area contributed by atoms with Gasteiger partial charge in [0.15, 0.2) is 0 Å². The minimum atomic E-state index is -0.325. The van der Waals surface area contributed by atoms with E-state index >= 15 is 0 Å². The Bertz CT molecular complexity index is 904. The molecule has 9 heteroatoms. The summed E-state index contributed by atoms with van der Waals surface area (Å²) in [4.78, 5) is 42.3. The maximum Gasteiger partial charge on any atom is 0.319 e. The number of hydrogen-bond acceptors (Lipinski definition) is 5. The van der Waals surface area contributed by atoms with Crippen molar-refractivity contribution in [3.8, 4) is 5.75 Å². The summed E-state index contributed by atoms with van der Waals surface area (Å²) in [7, 11) is 3.37. The van der Waals surface area contributed by atoms with Crippen LogP contribution < -0.4 is 15.4 Å². The van der Waals surface area contributed by atoms with Crippen molar-refractivity contribution in [2.75, 3.05) is 45.7 Å². The molecule has 1 aromatic rings. The van der Waals surface area contributed by atoms with E-state index in [1.165, 1.54) is 0 Å². The smallest absolute Gasteiger partial charge is 0.319 e. The van der Waals surface area contributed by atoms with Crippen LogP contribution >= 0.6 is 0 Å². The zero-order chi connectivity index (χ0) is 25.5. The van der Waals surface area contributed by atoms with Gasteiger partial charge in [-0.05, 0) is 44.4 Å². The number of rotatable bonds is 5. The Labute approximate surface area is 208 Å². The van der Waals surface area contributed by atoms with Crippen LogP contribution in [0.2, 0.25) is 0 Å². The lowest BCUT2D eigenvalue weighted by Crippen LogP contribution is -2.51. The van der Waals surface area contributed by atoms with Crippen LogP contribution in [-0.2, 0) is 9.53 Å². The number of likely N-dealkylation sites (N-methyl/N-ethyl adjacent to an activating group) is 1. The number of methoxy groups -OCH3 is 1. The molecule has 2 aliphatic rings. The molecule has 194 valence electrons. The quantitative estimate of drug-likeness (QED) is 0.662. The third kappa shape index (κ3) is 6.66. The van der Waals surface area contributed by atoms with Crippen LogP contribution in [0.3, 0.4) is 0 Å². The lowest BCUT2D eigenvalue weighted by Gasteiger charge is -2.39. The number of nitrogens with zero attached hydrogens (tertiary/aromatic N) is 2. The van der Waals surface area contributed by atoms with Crippen LogP contribution in [-0.4, -0.2) is 80.2 Å². The van der Waals surface area contributed by atoms with Crippen molar-refractivity contribution in [3.05, 3.63) is 23.8 Å². The maximum atomic E-state index is 13.4. The topological polar surface area (TPSA) is 100 Å². The van der Waals surface area contributed by atoms with Crippen LogP contribution in [0.1, 0.15) is 56.8 Å². The van der Waals surface area contributed by atoms with Crippen LogP contribution in [0.25, 0.3) is 0 Å². The number of urea groups is 1. The van der Waals surface area contributed by atoms with Crippen LogP contribution in [0.5, 0.6) is 5.75 Å². The average molecular weight is 489 g/mol. The second-order valence-corrected chi connectivity index (χ2v) is 9.81. The Kier molecular flexibility index (Phi) is 9.37. The SMILES string of the molecule is CCCNC(=O)Nc1ccc2c(c1)C(=O)N(C)C[C@H](OC)[C@H](C)CN(C(=O)C1CCC1)[C@H](C)CO2. The summed E-state index contributed by atoms with van der Waals surface area (Å²) in [5.41, 5.74) is 0.856. The monoisotopic (exact) mass is 488 g/mol. The normalized spacial score (nSPS) is 23.8. The Balaban J connectivity index is 1.90. The predicted octanol–water partition coefficient (Wildman–Crippen LogP) is 3.35. The van der Waals surface area contributed by atoms with E-state index in [4.69, 9.17) is 9.47 Å². The first-order valence-corrected chi connectivity index (χ1v) is 12.7. The molecule has 1 saturated carbocycles. The number of benzene rings is 1. The third-order valence-corrected chi connectivity index (χ3v) is 6.98. The standard InChI is InChI=1S/C26H40N4O5/c1-6-12-27-26(33)28-20-10-11-22-21(13-20)25(32)29(4)15-23(34-5)17(2)14-30(18(3)16-35-22)24(31)19-8-7-9-19/h10-11,13,17-19,23H,6-9,12,14-16H2,1-5H3,(H2,27,28,33)/t17-,18-,23+/m1/s1. The van der Waals surface area contributed by atoms with Gasteiger partial charge >= 0.3 is 6.03 Å². The number of carbonyl (C=O) groups is 3. The van der Waals surface area contributed by atoms with E-state index in [1.807, 2.05) is 18.7 Å². The third-order valence-electron chi connectivity index (χ3n) is 6.98. The fourth-order valence-corrected chi connectivity index (χ4v) is 4.46. The molecule has 35 heavy (non-hydrogen) atoms. The molecule has 0 aromatic heterocycles. The highest BCUT2D eigenvalue weighted by Crippen LogP contribution is 2.31. The number of anilines is 1. The van der Waals surface area contributed by atoms with Gasteiger partial charge in [-0.2, -0.15) is 0 Å². The van der Waals surface area contributed by atoms with Gasteiger partial charge in [0.2, 0.25) is 5.91 Å². The van der Waals surface area contributed by atoms with Gasteiger partial charge in [0.05, 0.1) is 17.7 Å². The number of hydrogen-bond donors (Lipinski definition) is 2. The number of ether oxygens (including phenoxy) is 2. The van der Waals surface area contributed by atoms with Crippen molar-refractivity contribution in [1.82, 2.24) is 15.1 Å². The van der Waals surface area contributed by atoms with Crippen molar-refractivity contribution < 1.29 is 23.9 Å². The number of fused-ring (bicyclic) bond motifs is 1. The summed E-state index contributed by atoms with van der Waals surface area (Å²) in [5, 5.41) is 5.54. The van der Waals surface area contributed by atoms with E-state index in [0.29, 0.717) is 36.6 Å². The molecule has 1 fully saturated rings. The molecule has 2 N–H and O–H groups in total. The van der Waals surface area contributed by atoms with E-state index in [2.05, 4.69) is 17.6 Å². The summed E-state index contributed by atoms with van der Waals surface area (Å²) in [6, 6.07) is 4.56. The van der Waals surface area contributed by atoms with Gasteiger partial charge in [-0.15, -0.1) is 0 Å². The zero-order valence-electron chi connectivity index (χ0n) is 21.6. The van der Waals surface area contributed by atoms with Gasteiger partial charge in [-0.1, -0.05) is 20.3 Å². The summed E-state index contributed by atoms with van der Waals surface area (Å²) < 4.78 is 11.9. The predicted molar refractivity (Wildman–Crippen MR) is 135 cm³/mol. The van der Waals surface area contributed by atoms with Gasteiger partial charge in [-0.25, -0.2) is 4.79 Å². The first kappa shape index (κ1) is 26.8. The molecule has 1 aliphatic carbocycles. The Morgan fingerprint density at radius 1 is 1.20 bits per heavy atom. The highest BCUT2D eigenvalue weighted by molar-refractivity contribution is 5.99. The largest absolute Gasteiger partial charge is 0.491 e. The molecular weight excluding hydrogens is 448 g/mol. The van der Waals surface area contributed by atoms with Crippen LogP contribution in [0.4, 0.5) is 10.5 Å². The Hall–Kier alpha value is -2.81. The summed E-state index contributed by atoms with van der Waals surface area (Å²) in [5.74, 6) is 0.487. The molecule has 4 amide bonds. The fourth-order valence-electron chi connectivity index (χ4n) is 4.46. The molecule has 9 nitrogen and oxygen atoms in total. The van der Waals surface area contributed by atoms with Crippen molar-refractivity contribution >= 4 is 23.5 Å². The first-order chi connectivity index (χ1) is 16.7. The highest BCUT2D eigenvalue weighted by Gasteiger charge is 2.35. The lowest BCUT2D eigenvalue weighted by atomic mass is 9.83. The first-order valence-electron chi connectivity index (χ1n) is 12.7. The maximum absolute atomic E-state index is 13.4. The molecule has 0 radical (unpaired) electrons. The second-order valence-electron chi connectivity index (χ2n) is 9.81. The lowest BCUT2D eigenvalue weighted by molar-refractivity contribution is -0.142. The van der Waals surface area contributed by atoms with E-state index in [9.17, 15) is 14.4 Å². The van der Waals surface area contributed by atoms with Crippen molar-refractivity contribution in [2.24, 2.45) is 11.8 Å². The molecular formula is C26H40N4O5. The average Bonchev–Trinajstić information content (AvgIpc) is 2.80. The summed E-state index contributed by atoms with van der Waals surface area (Å²) >= 11 is 0. The minimum Gasteiger partial charge on any atom is -0.491 e. The van der Waals surface area contributed by atoms with Gasteiger partial charge in [0.25, 0.3) is 5.91 Å². The van der Waals surface area contributed by atoms with Gasteiger partial charge in [0, 0.05) is 51.3 Å². The molecule has 1 aromatic carbocycles. The molecule has 1 aliphatic heterocycles. The van der Waals surface area contributed by atoms with Gasteiger partial charge in [-0.3, -0.25) is 9.59 Å². The summed E-state index contributed by atoms with van der Waals surface area (Å²) in [6.07, 6.45) is 3.56. The number of nitrogens with one attached hydrogen (secondary N) is 2. The van der Waals surface area contributed by atoms with E-state index in [-0.39, 0.29) is 48.4 Å². The van der Waals surface area contributed by atoms with Gasteiger partial charge in [0.1, 0.15) is 12.4 Å². The van der Waals surface area contributed by atoms with E-state index in [0.717, 1.165) is 25.7 Å². The number of amides is 4. The van der Waals surface area contributed by atoms with Crippen LogP contribution in [0, 0.1) is 11.8 Å². The van der Waals surface area contributed by atoms with Crippen molar-refractivity contribution in [2.45, 2.75) is 58.6 Å². The van der Waals surface area contributed by atoms with Crippen molar-refractivity contribution in [3.63, 3.8) is 0 Å². The van der Waals surface area contributed by atoms with Crippen molar-refractivity contribution in [1.29, 1.82) is 0 Å².